The molecule has 5 aromatic rings. The van der Waals surface area contributed by atoms with Crippen LogP contribution in [0.2, 0.25) is 0 Å². The number of phenols is 1. The number of ether oxygens (including phenoxy) is 3. The van der Waals surface area contributed by atoms with Crippen LogP contribution in [-0.2, 0) is 0 Å². The first-order valence-electron chi connectivity index (χ1n) is 13.3. The molecule has 8 rings (SSSR count). The lowest BCUT2D eigenvalue weighted by molar-refractivity contribution is 0.0716. The van der Waals surface area contributed by atoms with Gasteiger partial charge in [0.1, 0.15) is 23.0 Å². The van der Waals surface area contributed by atoms with E-state index in [0.717, 1.165) is 33.4 Å². The molecule has 0 aliphatic heterocycles. The van der Waals surface area contributed by atoms with Crippen LogP contribution in [0.25, 0.3) is 0 Å². The Morgan fingerprint density at radius 3 is 1.34 bits per heavy atom. The fourth-order valence-corrected chi connectivity index (χ4v) is 6.04. The van der Waals surface area contributed by atoms with Gasteiger partial charge in [-0.15, -0.1) is 0 Å². The van der Waals surface area contributed by atoms with Gasteiger partial charge in [-0.3, -0.25) is 0 Å². The van der Waals surface area contributed by atoms with Crippen molar-refractivity contribution in [2.24, 2.45) is 0 Å². The van der Waals surface area contributed by atoms with Gasteiger partial charge >= 0.3 is 11.9 Å². The standard InChI is InChI=1S/C35H24O6/c1-39-23-16-12-21(13-17-23)35(38)41-29-19-18-28(40-34(37)20-10-14-22(36)15-11-20)32-30-24-6-2-4-8-26(24)31(33(29)32)27-9-5-3-7-25(27)30/h2-19,30-31,36H,1H3. The number of hydrogen-bond donors (Lipinski definition) is 1. The molecule has 0 aromatic heterocycles. The molecule has 0 fully saturated rings. The molecule has 3 aliphatic carbocycles. The number of benzene rings is 5. The summed E-state index contributed by atoms with van der Waals surface area (Å²) in [5.74, 6) is 0.0604. The van der Waals surface area contributed by atoms with E-state index in [1.807, 2.05) is 24.3 Å². The normalized spacial score (nSPS) is 15.7. The maximum Gasteiger partial charge on any atom is 0.343 e. The van der Waals surface area contributed by atoms with Crippen molar-refractivity contribution >= 4 is 11.9 Å². The molecule has 41 heavy (non-hydrogen) atoms. The number of aromatic hydroxyl groups is 1. The summed E-state index contributed by atoms with van der Waals surface area (Å²) in [6.07, 6.45) is 0. The highest BCUT2D eigenvalue weighted by Crippen LogP contribution is 2.60. The second-order valence-electron chi connectivity index (χ2n) is 10.1. The zero-order chi connectivity index (χ0) is 28.1. The Balaban J connectivity index is 1.37. The van der Waals surface area contributed by atoms with Gasteiger partial charge in [-0.1, -0.05) is 48.5 Å². The van der Waals surface area contributed by atoms with Crippen molar-refractivity contribution in [1.82, 2.24) is 0 Å². The molecule has 0 spiro atoms. The molecule has 0 unspecified atom stereocenters. The van der Waals surface area contributed by atoms with E-state index >= 15 is 0 Å². The summed E-state index contributed by atoms with van der Waals surface area (Å²) in [6, 6.07) is 32.6. The van der Waals surface area contributed by atoms with Crippen LogP contribution in [0.3, 0.4) is 0 Å². The molecule has 0 heterocycles. The SMILES string of the molecule is COc1ccc(C(=O)Oc2ccc(OC(=O)c3ccc(O)cc3)c3c2C2c4ccccc4C3c3ccccc32)cc1. The zero-order valence-corrected chi connectivity index (χ0v) is 22.0. The third-order valence-corrected chi connectivity index (χ3v) is 7.85. The van der Waals surface area contributed by atoms with E-state index in [-0.39, 0.29) is 17.6 Å². The maximum atomic E-state index is 13.3. The van der Waals surface area contributed by atoms with Crippen LogP contribution in [-0.4, -0.2) is 24.2 Å². The van der Waals surface area contributed by atoms with Crippen molar-refractivity contribution < 1.29 is 28.9 Å². The largest absolute Gasteiger partial charge is 0.508 e. The summed E-state index contributed by atoms with van der Waals surface area (Å²) in [7, 11) is 1.57. The minimum absolute atomic E-state index is 0.0625. The van der Waals surface area contributed by atoms with E-state index in [0.29, 0.717) is 28.4 Å². The molecule has 5 aromatic carbocycles. The van der Waals surface area contributed by atoms with Crippen molar-refractivity contribution in [2.45, 2.75) is 11.8 Å². The number of carbonyl (C=O) groups excluding carboxylic acids is 2. The third kappa shape index (κ3) is 4.03. The second-order valence-corrected chi connectivity index (χ2v) is 10.1. The summed E-state index contributed by atoms with van der Waals surface area (Å²) in [6.45, 7) is 0. The minimum Gasteiger partial charge on any atom is -0.508 e. The number of methoxy groups -OCH3 is 1. The summed E-state index contributed by atoms with van der Waals surface area (Å²) in [5, 5.41) is 9.65. The van der Waals surface area contributed by atoms with Crippen LogP contribution < -0.4 is 14.2 Å². The average Bonchev–Trinajstić information content (AvgIpc) is 3.02. The molecule has 0 saturated carbocycles. The monoisotopic (exact) mass is 540 g/mol. The molecule has 0 radical (unpaired) electrons. The lowest BCUT2D eigenvalue weighted by atomic mass is 9.60. The maximum absolute atomic E-state index is 13.3. The summed E-state index contributed by atoms with van der Waals surface area (Å²) in [4.78, 5) is 26.5. The Morgan fingerprint density at radius 2 is 0.951 bits per heavy atom. The molecule has 200 valence electrons. The van der Waals surface area contributed by atoms with Gasteiger partial charge in [-0.25, -0.2) is 9.59 Å². The highest BCUT2D eigenvalue weighted by atomic mass is 16.5. The number of hydrogen-bond acceptors (Lipinski definition) is 6. The molecular formula is C35H24O6. The first-order chi connectivity index (χ1) is 20.0. The quantitative estimate of drug-likeness (QED) is 0.190. The van der Waals surface area contributed by atoms with Crippen molar-refractivity contribution in [3.63, 3.8) is 0 Å². The van der Waals surface area contributed by atoms with Gasteiger partial charge < -0.3 is 19.3 Å². The van der Waals surface area contributed by atoms with Gasteiger partial charge in [0.05, 0.1) is 18.2 Å². The lowest BCUT2D eigenvalue weighted by Crippen LogP contribution is -2.29. The van der Waals surface area contributed by atoms with Crippen LogP contribution >= 0.6 is 0 Å². The predicted octanol–water partition coefficient (Wildman–Crippen LogP) is 6.83. The Kier molecular flexibility index (Phi) is 5.82. The average molecular weight is 541 g/mol. The van der Waals surface area contributed by atoms with Crippen molar-refractivity contribution in [3.8, 4) is 23.0 Å². The smallest absolute Gasteiger partial charge is 0.343 e. The third-order valence-electron chi connectivity index (χ3n) is 7.85. The minimum atomic E-state index is -0.543. The van der Waals surface area contributed by atoms with Gasteiger partial charge in [0.15, 0.2) is 0 Å². The predicted molar refractivity (Wildman–Crippen MR) is 152 cm³/mol. The van der Waals surface area contributed by atoms with Gasteiger partial charge in [0, 0.05) is 23.0 Å². The number of carbonyl (C=O) groups is 2. The van der Waals surface area contributed by atoms with Crippen LogP contribution in [0.1, 0.15) is 65.9 Å². The van der Waals surface area contributed by atoms with Crippen molar-refractivity contribution in [1.29, 1.82) is 0 Å². The van der Waals surface area contributed by atoms with E-state index in [2.05, 4.69) is 24.3 Å². The van der Waals surface area contributed by atoms with E-state index < -0.39 is 11.9 Å². The molecule has 0 amide bonds. The fraction of sp³-hybridized carbons (Fsp3) is 0.0857. The van der Waals surface area contributed by atoms with Gasteiger partial charge in [0.25, 0.3) is 0 Å². The molecule has 2 bridgehead atoms. The number of rotatable bonds is 5. The summed E-state index contributed by atoms with van der Waals surface area (Å²) < 4.78 is 17.3. The van der Waals surface area contributed by atoms with E-state index in [4.69, 9.17) is 14.2 Å². The molecule has 6 nitrogen and oxygen atoms in total. The summed E-state index contributed by atoms with van der Waals surface area (Å²) in [5.41, 5.74) is 6.84. The van der Waals surface area contributed by atoms with E-state index in [1.54, 1.807) is 43.5 Å². The Bertz CT molecular complexity index is 1770. The topological polar surface area (TPSA) is 82.1 Å². The highest BCUT2D eigenvalue weighted by Gasteiger charge is 2.45. The van der Waals surface area contributed by atoms with Crippen LogP contribution in [0.15, 0.2) is 109 Å². The zero-order valence-electron chi connectivity index (χ0n) is 22.0. The van der Waals surface area contributed by atoms with Gasteiger partial charge in [0.2, 0.25) is 0 Å². The van der Waals surface area contributed by atoms with Crippen LogP contribution in [0, 0.1) is 0 Å². The van der Waals surface area contributed by atoms with E-state index in [1.165, 1.54) is 24.3 Å². The van der Waals surface area contributed by atoms with Crippen molar-refractivity contribution in [2.75, 3.05) is 7.11 Å². The van der Waals surface area contributed by atoms with Crippen molar-refractivity contribution in [3.05, 3.63) is 154 Å². The molecule has 6 heteroatoms. The molecular weight excluding hydrogens is 516 g/mol. The first-order valence-corrected chi connectivity index (χ1v) is 13.3. The number of phenolic OH excluding ortho intramolecular Hbond substituents is 1. The highest BCUT2D eigenvalue weighted by molar-refractivity contribution is 5.93. The van der Waals surface area contributed by atoms with Crippen LogP contribution in [0.4, 0.5) is 0 Å². The second kappa shape index (κ2) is 9.68. The Labute approximate surface area is 236 Å². The molecule has 0 atom stereocenters. The number of esters is 2. The van der Waals surface area contributed by atoms with Gasteiger partial charge in [-0.05, 0) is 82.9 Å². The van der Waals surface area contributed by atoms with Gasteiger partial charge in [-0.2, -0.15) is 0 Å². The molecule has 1 N–H and O–H groups in total. The Morgan fingerprint density at radius 1 is 0.561 bits per heavy atom. The first kappa shape index (κ1) is 24.7. The molecule has 3 aliphatic rings. The van der Waals surface area contributed by atoms with E-state index in [9.17, 15) is 14.7 Å². The fourth-order valence-electron chi connectivity index (χ4n) is 6.04. The lowest BCUT2D eigenvalue weighted by Gasteiger charge is -2.43. The summed E-state index contributed by atoms with van der Waals surface area (Å²) >= 11 is 0. The van der Waals surface area contributed by atoms with Crippen LogP contribution in [0.5, 0.6) is 23.0 Å². The Hall–Kier alpha value is -5.36. The molecule has 0 saturated heterocycles.